The normalized spacial score (nSPS) is 9.65. The molecule has 1 N–H and O–H groups in total. The van der Waals surface area contributed by atoms with E-state index >= 15 is 0 Å². The fourth-order valence-corrected chi connectivity index (χ4v) is 1.98. The molecule has 1 rings (SSSR count). The van der Waals surface area contributed by atoms with Crippen molar-refractivity contribution in [1.29, 1.82) is 0 Å². The molecule has 1 heterocycles. The van der Waals surface area contributed by atoms with Crippen LogP contribution in [0.3, 0.4) is 0 Å². The number of terminal acetylenes is 1. The van der Waals surface area contributed by atoms with Gasteiger partial charge in [-0.1, -0.05) is 5.92 Å². The number of amides is 1. The second-order valence-electron chi connectivity index (χ2n) is 3.41. The lowest BCUT2D eigenvalue weighted by Crippen LogP contribution is -2.25. The minimum absolute atomic E-state index is 0.129. The molecule has 7 nitrogen and oxygen atoms in total. The Morgan fingerprint density at radius 1 is 1.40 bits per heavy atom. The average Bonchev–Trinajstić information content (AvgIpc) is 2.86. The van der Waals surface area contributed by atoms with Crippen LogP contribution in [0.4, 0.5) is 4.79 Å². The number of hydrogen-bond acceptors (Lipinski definition) is 7. The zero-order chi connectivity index (χ0) is 14.8. The highest BCUT2D eigenvalue weighted by molar-refractivity contribution is 7.08. The third kappa shape index (κ3) is 4.95. The first kappa shape index (κ1) is 16.1. The average molecular weight is 300 g/mol. The van der Waals surface area contributed by atoms with E-state index < -0.39 is 6.09 Å². The number of ether oxygens (including phenoxy) is 4. The largest absolute Gasteiger partial charge is 0.486 e. The number of aromatic nitrogens is 1. The van der Waals surface area contributed by atoms with Crippen molar-refractivity contribution < 1.29 is 23.7 Å². The van der Waals surface area contributed by atoms with Gasteiger partial charge in [0.15, 0.2) is 0 Å². The van der Waals surface area contributed by atoms with E-state index in [1.807, 2.05) is 0 Å². The summed E-state index contributed by atoms with van der Waals surface area (Å²) in [6.07, 6.45) is 4.44. The number of alkyl carbamates (subject to hydrolysis) is 1. The lowest BCUT2D eigenvalue weighted by molar-refractivity contribution is 0.0869. The van der Waals surface area contributed by atoms with Gasteiger partial charge in [-0.05, 0) is 0 Å². The first-order chi connectivity index (χ1) is 9.72. The molecule has 0 aliphatic rings. The number of nitrogens with zero attached hydrogens (tertiary/aromatic N) is 1. The van der Waals surface area contributed by atoms with Gasteiger partial charge >= 0.3 is 6.09 Å². The van der Waals surface area contributed by atoms with Crippen molar-refractivity contribution in [2.75, 3.05) is 34.0 Å². The minimum Gasteiger partial charge on any atom is -0.486 e. The standard InChI is InChI=1S/C12H16N2O5S/c1-4-5-18-6-7-19-12(15)13-8-9-10(16-2)14-20-11(9)17-3/h1H,5-8H2,2-3H3,(H,13,15). The van der Waals surface area contributed by atoms with Crippen LogP contribution in [0.5, 0.6) is 10.9 Å². The Balaban J connectivity index is 2.34. The molecule has 0 bridgehead atoms. The highest BCUT2D eigenvalue weighted by Gasteiger charge is 2.16. The molecule has 0 aliphatic heterocycles. The van der Waals surface area contributed by atoms with Gasteiger partial charge in [-0.15, -0.1) is 6.42 Å². The smallest absolute Gasteiger partial charge is 0.407 e. The predicted molar refractivity (Wildman–Crippen MR) is 73.1 cm³/mol. The summed E-state index contributed by atoms with van der Waals surface area (Å²) in [5.41, 5.74) is 0.667. The zero-order valence-electron chi connectivity index (χ0n) is 11.3. The monoisotopic (exact) mass is 300 g/mol. The molecule has 1 aromatic rings. The van der Waals surface area contributed by atoms with Gasteiger partial charge < -0.3 is 24.3 Å². The van der Waals surface area contributed by atoms with Crippen LogP contribution in [-0.2, 0) is 16.0 Å². The van der Waals surface area contributed by atoms with Gasteiger partial charge in [0.25, 0.3) is 0 Å². The quantitative estimate of drug-likeness (QED) is 0.571. The van der Waals surface area contributed by atoms with Crippen molar-refractivity contribution in [3.63, 3.8) is 0 Å². The van der Waals surface area contributed by atoms with Gasteiger partial charge in [0, 0.05) is 11.5 Å². The molecule has 0 spiro atoms. The van der Waals surface area contributed by atoms with Gasteiger partial charge in [-0.25, -0.2) is 4.79 Å². The molecule has 1 aromatic heterocycles. The highest BCUT2D eigenvalue weighted by atomic mass is 32.1. The first-order valence-electron chi connectivity index (χ1n) is 5.71. The molecule has 20 heavy (non-hydrogen) atoms. The Morgan fingerprint density at radius 3 is 2.85 bits per heavy atom. The molecule has 0 saturated heterocycles. The number of carbonyl (C=O) groups is 1. The van der Waals surface area contributed by atoms with E-state index in [-0.39, 0.29) is 26.4 Å². The van der Waals surface area contributed by atoms with Crippen molar-refractivity contribution in [3.8, 4) is 23.3 Å². The van der Waals surface area contributed by atoms with E-state index in [1.54, 1.807) is 0 Å². The van der Waals surface area contributed by atoms with Crippen LogP contribution in [0.1, 0.15) is 5.56 Å². The summed E-state index contributed by atoms with van der Waals surface area (Å²) in [6.45, 7) is 0.779. The van der Waals surface area contributed by atoms with E-state index in [2.05, 4.69) is 15.6 Å². The second kappa shape index (κ2) is 9.01. The van der Waals surface area contributed by atoms with Crippen LogP contribution < -0.4 is 14.8 Å². The third-order valence-electron chi connectivity index (χ3n) is 2.15. The zero-order valence-corrected chi connectivity index (χ0v) is 12.1. The molecule has 0 aromatic carbocycles. The Labute approximate surface area is 121 Å². The summed E-state index contributed by atoms with van der Waals surface area (Å²) in [7, 11) is 3.02. The van der Waals surface area contributed by atoms with E-state index in [0.717, 1.165) is 11.5 Å². The molecule has 8 heteroatoms. The fourth-order valence-electron chi connectivity index (χ4n) is 1.29. The van der Waals surface area contributed by atoms with Gasteiger partial charge in [0.05, 0.1) is 32.9 Å². The van der Waals surface area contributed by atoms with Crippen LogP contribution in [-0.4, -0.2) is 44.5 Å². The fraction of sp³-hybridized carbons (Fsp3) is 0.500. The van der Waals surface area contributed by atoms with E-state index in [1.165, 1.54) is 14.2 Å². The van der Waals surface area contributed by atoms with Crippen LogP contribution in [0.25, 0.3) is 0 Å². The molecule has 0 saturated carbocycles. The lowest BCUT2D eigenvalue weighted by atomic mass is 10.3. The maximum absolute atomic E-state index is 11.4. The summed E-state index contributed by atoms with van der Waals surface area (Å²) in [5, 5.41) is 3.16. The van der Waals surface area contributed by atoms with E-state index in [9.17, 15) is 4.79 Å². The summed E-state index contributed by atoms with van der Waals surface area (Å²) in [4.78, 5) is 11.4. The van der Waals surface area contributed by atoms with Crippen molar-refractivity contribution in [2.45, 2.75) is 6.54 Å². The Morgan fingerprint density at radius 2 is 2.20 bits per heavy atom. The number of rotatable bonds is 8. The van der Waals surface area contributed by atoms with Crippen molar-refractivity contribution >= 4 is 17.6 Å². The first-order valence-corrected chi connectivity index (χ1v) is 6.48. The Hall–Kier alpha value is -1.98. The van der Waals surface area contributed by atoms with Crippen molar-refractivity contribution in [2.24, 2.45) is 0 Å². The SMILES string of the molecule is C#CCOCCOC(=O)NCc1c(OC)nsc1OC. The van der Waals surface area contributed by atoms with Crippen molar-refractivity contribution in [1.82, 2.24) is 9.69 Å². The molecular formula is C12H16N2O5S. The molecule has 0 atom stereocenters. The maximum atomic E-state index is 11.4. The Bertz CT molecular complexity index is 447. The highest BCUT2D eigenvalue weighted by Crippen LogP contribution is 2.31. The topological polar surface area (TPSA) is 78.9 Å². The van der Waals surface area contributed by atoms with E-state index in [4.69, 9.17) is 25.4 Å². The Kier molecular flexibility index (Phi) is 7.24. The second-order valence-corrected chi connectivity index (χ2v) is 4.14. The van der Waals surface area contributed by atoms with Crippen LogP contribution in [0, 0.1) is 12.3 Å². The summed E-state index contributed by atoms with van der Waals surface area (Å²) < 4.78 is 24.1. The summed E-state index contributed by atoms with van der Waals surface area (Å²) in [5.74, 6) is 2.73. The van der Waals surface area contributed by atoms with E-state index in [0.29, 0.717) is 16.5 Å². The number of hydrogen-bond donors (Lipinski definition) is 1. The molecular weight excluding hydrogens is 284 g/mol. The van der Waals surface area contributed by atoms with Gasteiger partial charge in [0.2, 0.25) is 10.9 Å². The lowest BCUT2D eigenvalue weighted by Gasteiger charge is -2.08. The van der Waals surface area contributed by atoms with Crippen LogP contribution in [0.2, 0.25) is 0 Å². The maximum Gasteiger partial charge on any atom is 0.407 e. The van der Waals surface area contributed by atoms with Gasteiger partial charge in [-0.3, -0.25) is 0 Å². The van der Waals surface area contributed by atoms with Gasteiger partial charge in [-0.2, -0.15) is 4.37 Å². The number of carbonyl (C=O) groups excluding carboxylic acids is 1. The van der Waals surface area contributed by atoms with Crippen LogP contribution in [0.15, 0.2) is 0 Å². The molecule has 0 radical (unpaired) electrons. The summed E-state index contributed by atoms with van der Waals surface area (Å²) in [6, 6.07) is 0. The van der Waals surface area contributed by atoms with Crippen molar-refractivity contribution in [3.05, 3.63) is 5.56 Å². The molecule has 0 fully saturated rings. The third-order valence-corrected chi connectivity index (χ3v) is 2.99. The molecule has 0 aliphatic carbocycles. The minimum atomic E-state index is -0.565. The number of nitrogens with one attached hydrogen (secondary N) is 1. The van der Waals surface area contributed by atoms with Crippen LogP contribution >= 0.6 is 11.5 Å². The molecule has 1 amide bonds. The van der Waals surface area contributed by atoms with Gasteiger partial charge in [0.1, 0.15) is 13.2 Å². The predicted octanol–water partition coefficient (Wildman–Crippen LogP) is 1.04. The number of methoxy groups -OCH3 is 2. The summed E-state index contributed by atoms with van der Waals surface area (Å²) >= 11 is 1.15. The molecule has 0 unspecified atom stereocenters. The molecule has 110 valence electrons.